The van der Waals surface area contributed by atoms with E-state index in [0.29, 0.717) is 13.0 Å². The largest absolute Gasteiger partial charge is 0.383 e. The molecule has 4 nitrogen and oxygen atoms in total. The van der Waals surface area contributed by atoms with E-state index in [-0.39, 0.29) is 25.6 Å². The van der Waals surface area contributed by atoms with Crippen LogP contribution in [-0.2, 0) is 9.53 Å². The standard InChI is InChI=1S/C10H16F4N2O2.ClH/c1-18-6-9(3-2-4-16-9)5-15-8(17)10(13,14)7(11)12;/h7,16H,2-6H2,1H3,(H,15,17);1H. The number of hydrogen-bond donors (Lipinski definition) is 2. The number of halogens is 5. The Labute approximate surface area is 114 Å². The average Bonchev–Trinajstić information content (AvgIpc) is 2.75. The molecule has 1 heterocycles. The van der Waals surface area contributed by atoms with E-state index in [9.17, 15) is 22.4 Å². The third kappa shape index (κ3) is 4.47. The van der Waals surface area contributed by atoms with Crippen LogP contribution < -0.4 is 10.6 Å². The maximum Gasteiger partial charge on any atom is 0.383 e. The fourth-order valence-corrected chi connectivity index (χ4v) is 1.94. The number of alkyl halides is 4. The van der Waals surface area contributed by atoms with Crippen molar-refractivity contribution >= 4 is 18.3 Å². The van der Waals surface area contributed by atoms with Crippen molar-refractivity contribution < 1.29 is 27.1 Å². The quantitative estimate of drug-likeness (QED) is 0.725. The average molecular weight is 309 g/mol. The Hall–Kier alpha value is -0.600. The molecule has 0 aromatic heterocycles. The first-order valence-electron chi connectivity index (χ1n) is 5.52. The van der Waals surface area contributed by atoms with E-state index in [1.54, 1.807) is 0 Å². The maximum atomic E-state index is 12.7. The molecule has 1 aliphatic rings. The normalized spacial score (nSPS) is 23.3. The van der Waals surface area contributed by atoms with Crippen LogP contribution >= 0.6 is 12.4 Å². The number of ether oxygens (including phenoxy) is 1. The third-order valence-corrected chi connectivity index (χ3v) is 2.92. The van der Waals surface area contributed by atoms with Crippen LogP contribution in [-0.4, -0.2) is 50.6 Å². The molecule has 1 aliphatic heterocycles. The molecule has 1 amide bonds. The van der Waals surface area contributed by atoms with Gasteiger partial charge in [0.05, 0.1) is 12.1 Å². The van der Waals surface area contributed by atoms with Crippen LogP contribution in [0, 0.1) is 0 Å². The molecule has 1 unspecified atom stereocenters. The molecule has 1 saturated heterocycles. The lowest BCUT2D eigenvalue weighted by Gasteiger charge is -2.29. The van der Waals surface area contributed by atoms with Gasteiger partial charge in [-0.05, 0) is 19.4 Å². The highest BCUT2D eigenvalue weighted by molar-refractivity contribution is 5.85. The van der Waals surface area contributed by atoms with Gasteiger partial charge in [-0.25, -0.2) is 8.78 Å². The van der Waals surface area contributed by atoms with Crippen LogP contribution in [0.25, 0.3) is 0 Å². The fraction of sp³-hybridized carbons (Fsp3) is 0.900. The smallest absolute Gasteiger partial charge is 0.383 e. The molecule has 1 atom stereocenters. The molecule has 19 heavy (non-hydrogen) atoms. The lowest BCUT2D eigenvalue weighted by molar-refractivity contribution is -0.169. The molecule has 114 valence electrons. The number of hydrogen-bond acceptors (Lipinski definition) is 3. The number of nitrogens with one attached hydrogen (secondary N) is 2. The van der Waals surface area contributed by atoms with E-state index in [2.05, 4.69) is 5.32 Å². The number of methoxy groups -OCH3 is 1. The lowest BCUT2D eigenvalue weighted by Crippen LogP contribution is -2.56. The molecule has 1 rings (SSSR count). The highest BCUT2D eigenvalue weighted by Gasteiger charge is 2.49. The third-order valence-electron chi connectivity index (χ3n) is 2.92. The minimum absolute atomic E-state index is 0. The Morgan fingerprint density at radius 2 is 2.16 bits per heavy atom. The summed E-state index contributed by atoms with van der Waals surface area (Å²) in [6.07, 6.45) is -2.57. The predicted octanol–water partition coefficient (Wildman–Crippen LogP) is 1.19. The second-order valence-electron chi connectivity index (χ2n) is 4.35. The molecule has 0 radical (unpaired) electrons. The second-order valence-corrected chi connectivity index (χ2v) is 4.35. The number of amides is 1. The van der Waals surface area contributed by atoms with Gasteiger partial charge in [-0.3, -0.25) is 4.79 Å². The molecule has 2 N–H and O–H groups in total. The summed E-state index contributed by atoms with van der Waals surface area (Å²) in [6.45, 7) is 0.722. The van der Waals surface area contributed by atoms with Gasteiger partial charge in [0.25, 0.3) is 5.91 Å². The molecule has 0 bridgehead atoms. The monoisotopic (exact) mass is 308 g/mol. The van der Waals surface area contributed by atoms with Gasteiger partial charge in [0, 0.05) is 13.7 Å². The lowest BCUT2D eigenvalue weighted by atomic mass is 9.98. The minimum Gasteiger partial charge on any atom is -0.383 e. The Kier molecular flexibility index (Phi) is 7.02. The topological polar surface area (TPSA) is 50.4 Å². The second kappa shape index (κ2) is 7.25. The van der Waals surface area contributed by atoms with Crippen molar-refractivity contribution in [1.29, 1.82) is 0 Å². The van der Waals surface area contributed by atoms with Crippen LogP contribution in [0.4, 0.5) is 17.6 Å². The molecular weight excluding hydrogens is 292 g/mol. The van der Waals surface area contributed by atoms with E-state index in [4.69, 9.17) is 4.74 Å². The van der Waals surface area contributed by atoms with Crippen molar-refractivity contribution in [2.24, 2.45) is 0 Å². The molecule has 0 saturated carbocycles. The molecule has 0 aromatic carbocycles. The zero-order chi connectivity index (χ0) is 13.8. The van der Waals surface area contributed by atoms with Gasteiger partial charge in [-0.1, -0.05) is 0 Å². The van der Waals surface area contributed by atoms with Gasteiger partial charge in [-0.2, -0.15) is 8.78 Å². The zero-order valence-electron chi connectivity index (χ0n) is 10.3. The SMILES string of the molecule is COCC1(CNC(=O)C(F)(F)C(F)F)CCCN1.Cl. The van der Waals surface area contributed by atoms with Crippen molar-refractivity contribution in [3.63, 3.8) is 0 Å². The predicted molar refractivity (Wildman–Crippen MR) is 63.1 cm³/mol. The van der Waals surface area contributed by atoms with Crippen molar-refractivity contribution in [2.75, 3.05) is 26.8 Å². The van der Waals surface area contributed by atoms with Crippen LogP contribution in [0.1, 0.15) is 12.8 Å². The molecule has 0 aliphatic carbocycles. The first-order chi connectivity index (χ1) is 8.34. The highest BCUT2D eigenvalue weighted by Crippen LogP contribution is 2.24. The van der Waals surface area contributed by atoms with Crippen LogP contribution in [0.2, 0.25) is 0 Å². The summed E-state index contributed by atoms with van der Waals surface area (Å²) in [5.41, 5.74) is -0.650. The summed E-state index contributed by atoms with van der Waals surface area (Å²) in [5.74, 6) is -6.62. The van der Waals surface area contributed by atoms with Gasteiger partial charge in [0.2, 0.25) is 0 Å². The molecule has 0 aromatic rings. The summed E-state index contributed by atoms with van der Waals surface area (Å²) in [7, 11) is 1.44. The number of carbonyl (C=O) groups excluding carboxylic acids is 1. The van der Waals surface area contributed by atoms with Gasteiger partial charge in [0.1, 0.15) is 0 Å². The summed E-state index contributed by atoms with van der Waals surface area (Å²) in [6, 6.07) is 0. The zero-order valence-corrected chi connectivity index (χ0v) is 11.2. The minimum atomic E-state index is -4.66. The Morgan fingerprint density at radius 1 is 1.53 bits per heavy atom. The van der Waals surface area contributed by atoms with Crippen LogP contribution in [0.3, 0.4) is 0 Å². The van der Waals surface area contributed by atoms with E-state index in [1.807, 2.05) is 5.32 Å². The van der Waals surface area contributed by atoms with Gasteiger partial charge in [0.15, 0.2) is 0 Å². The van der Waals surface area contributed by atoms with E-state index < -0.39 is 23.8 Å². The van der Waals surface area contributed by atoms with E-state index >= 15 is 0 Å². The fourth-order valence-electron chi connectivity index (χ4n) is 1.94. The van der Waals surface area contributed by atoms with Gasteiger partial charge < -0.3 is 15.4 Å². The highest BCUT2D eigenvalue weighted by atomic mass is 35.5. The van der Waals surface area contributed by atoms with E-state index in [0.717, 1.165) is 6.42 Å². The van der Waals surface area contributed by atoms with E-state index in [1.165, 1.54) is 7.11 Å². The number of rotatable bonds is 6. The Balaban J connectivity index is 0.00000324. The van der Waals surface area contributed by atoms with Gasteiger partial charge >= 0.3 is 12.3 Å². The first kappa shape index (κ1) is 18.4. The molecule has 1 fully saturated rings. The maximum absolute atomic E-state index is 12.7. The summed E-state index contributed by atoms with van der Waals surface area (Å²) >= 11 is 0. The molecule has 9 heteroatoms. The van der Waals surface area contributed by atoms with Crippen molar-refractivity contribution in [3.05, 3.63) is 0 Å². The molecule has 0 spiro atoms. The summed E-state index contributed by atoms with van der Waals surface area (Å²) < 4.78 is 54.3. The van der Waals surface area contributed by atoms with Crippen molar-refractivity contribution in [2.45, 2.75) is 30.7 Å². The summed E-state index contributed by atoms with van der Waals surface area (Å²) in [4.78, 5) is 11.0. The Bertz CT molecular complexity index is 299. The Morgan fingerprint density at radius 3 is 2.58 bits per heavy atom. The number of carbonyl (C=O) groups is 1. The van der Waals surface area contributed by atoms with Gasteiger partial charge in [-0.15, -0.1) is 12.4 Å². The summed E-state index contributed by atoms with van der Waals surface area (Å²) in [5, 5.41) is 4.90. The van der Waals surface area contributed by atoms with Crippen LogP contribution in [0.15, 0.2) is 0 Å². The first-order valence-corrected chi connectivity index (χ1v) is 5.52. The van der Waals surface area contributed by atoms with Crippen molar-refractivity contribution in [3.8, 4) is 0 Å². The van der Waals surface area contributed by atoms with Crippen molar-refractivity contribution in [1.82, 2.24) is 10.6 Å². The molecular formula is C10H17ClF4N2O2. The van der Waals surface area contributed by atoms with Crippen LogP contribution in [0.5, 0.6) is 0 Å².